The number of imide groups is 1. The highest BCUT2D eigenvalue weighted by molar-refractivity contribution is 6.36. The van der Waals surface area contributed by atoms with Crippen molar-refractivity contribution in [2.75, 3.05) is 29.6 Å². The number of ether oxygens (including phenoxy) is 1. The third-order valence-corrected chi connectivity index (χ3v) is 6.34. The van der Waals surface area contributed by atoms with Crippen molar-refractivity contribution < 1.29 is 14.3 Å². The first kappa shape index (κ1) is 19.1. The van der Waals surface area contributed by atoms with Gasteiger partial charge in [0.2, 0.25) is 5.91 Å². The van der Waals surface area contributed by atoms with Gasteiger partial charge in [0.1, 0.15) is 12.4 Å². The number of halogens is 1. The number of rotatable bonds is 3. The topological polar surface area (TPSA) is 85.7 Å². The molecule has 154 valence electrons. The predicted molar refractivity (Wildman–Crippen MR) is 115 cm³/mol. The molecule has 30 heavy (non-hydrogen) atoms. The van der Waals surface area contributed by atoms with E-state index in [-0.39, 0.29) is 17.9 Å². The van der Waals surface area contributed by atoms with Crippen LogP contribution in [0.15, 0.2) is 42.5 Å². The van der Waals surface area contributed by atoms with Gasteiger partial charge in [-0.15, -0.1) is 0 Å². The number of benzene rings is 2. The average molecular weight is 425 g/mol. The Morgan fingerprint density at radius 1 is 1.10 bits per heavy atom. The molecule has 1 aliphatic carbocycles. The van der Waals surface area contributed by atoms with Crippen molar-refractivity contribution >= 4 is 40.7 Å². The van der Waals surface area contributed by atoms with Crippen LogP contribution in [0.4, 0.5) is 16.2 Å². The Hall–Kier alpha value is -2.90. The van der Waals surface area contributed by atoms with Gasteiger partial charge in [-0.2, -0.15) is 0 Å². The highest BCUT2D eigenvalue weighted by Gasteiger charge is 2.52. The molecule has 3 amide bonds. The van der Waals surface area contributed by atoms with Crippen LogP contribution in [0.25, 0.3) is 11.1 Å². The van der Waals surface area contributed by atoms with Crippen LogP contribution < -0.4 is 15.1 Å². The van der Waals surface area contributed by atoms with Crippen molar-refractivity contribution in [2.45, 2.75) is 24.8 Å². The lowest BCUT2D eigenvalue weighted by molar-refractivity contribution is -0.120. The van der Waals surface area contributed by atoms with Crippen molar-refractivity contribution in [2.24, 2.45) is 0 Å². The Morgan fingerprint density at radius 3 is 2.57 bits per heavy atom. The smallest absolute Gasteiger partial charge is 0.328 e. The number of carbonyl (C=O) groups excluding carboxylic acids is 2. The van der Waals surface area contributed by atoms with E-state index in [1.807, 2.05) is 36.4 Å². The summed E-state index contributed by atoms with van der Waals surface area (Å²) in [5, 5.41) is 11.1. The first-order chi connectivity index (χ1) is 14.5. The minimum Gasteiger partial charge on any atom is -0.371 e. The number of nitrogens with one attached hydrogen (secondary N) is 2. The Labute approximate surface area is 179 Å². The zero-order valence-electron chi connectivity index (χ0n) is 16.3. The molecular weight excluding hydrogens is 404 g/mol. The predicted octanol–water partition coefficient (Wildman–Crippen LogP) is 3.80. The molecule has 0 bridgehead atoms. The van der Waals surface area contributed by atoms with E-state index in [1.54, 1.807) is 6.07 Å². The number of amidine groups is 1. The maximum Gasteiger partial charge on any atom is 0.328 e. The van der Waals surface area contributed by atoms with Crippen LogP contribution in [0.2, 0.25) is 5.02 Å². The van der Waals surface area contributed by atoms with Gasteiger partial charge in [0.25, 0.3) is 0 Å². The van der Waals surface area contributed by atoms with Crippen LogP contribution in [-0.4, -0.2) is 43.1 Å². The molecule has 2 N–H and O–H groups in total. The fraction of sp³-hybridized carbons (Fsp3) is 0.318. The summed E-state index contributed by atoms with van der Waals surface area (Å²) >= 11 is 6.68. The van der Waals surface area contributed by atoms with E-state index in [2.05, 4.69) is 10.2 Å². The fourth-order valence-electron chi connectivity index (χ4n) is 4.23. The molecule has 2 heterocycles. The maximum absolute atomic E-state index is 12.2. The minimum atomic E-state index is -0.457. The highest BCUT2D eigenvalue weighted by atomic mass is 35.5. The van der Waals surface area contributed by atoms with Crippen LogP contribution in [0, 0.1) is 5.41 Å². The van der Waals surface area contributed by atoms with Crippen molar-refractivity contribution in [3.8, 4) is 11.1 Å². The Kier molecular flexibility index (Phi) is 4.52. The molecule has 2 saturated heterocycles. The van der Waals surface area contributed by atoms with Crippen molar-refractivity contribution in [3.63, 3.8) is 0 Å². The molecule has 3 aliphatic rings. The van der Waals surface area contributed by atoms with Crippen LogP contribution in [0.5, 0.6) is 0 Å². The molecule has 0 radical (unpaired) electrons. The second kappa shape index (κ2) is 7.11. The van der Waals surface area contributed by atoms with E-state index in [1.165, 1.54) is 4.90 Å². The molecule has 1 spiro atoms. The van der Waals surface area contributed by atoms with Crippen LogP contribution >= 0.6 is 11.6 Å². The van der Waals surface area contributed by atoms with Gasteiger partial charge in [-0.25, -0.2) is 4.79 Å². The van der Waals surface area contributed by atoms with Crippen LogP contribution in [0.3, 0.4) is 0 Å². The standard InChI is InChI=1S/C22H21ClN4O3/c23-20-16(2-1-3-17(20)26-11-8-19(28)25-21(26)29)14-4-6-15(7-5-14)27-18(24)12-30-13-22(27)9-10-22/h1-7,24H,8-13H2,(H,25,28,29). The fourth-order valence-corrected chi connectivity index (χ4v) is 4.57. The summed E-state index contributed by atoms with van der Waals surface area (Å²) in [6.45, 7) is 1.29. The van der Waals surface area contributed by atoms with Crippen LogP contribution in [0.1, 0.15) is 19.3 Å². The molecule has 7 nitrogen and oxygen atoms in total. The normalized spacial score (nSPS) is 20.5. The molecule has 2 aromatic carbocycles. The highest BCUT2D eigenvalue weighted by Crippen LogP contribution is 2.46. The minimum absolute atomic E-state index is 0.0620. The third-order valence-electron chi connectivity index (χ3n) is 5.94. The number of morpholine rings is 1. The van der Waals surface area contributed by atoms with E-state index < -0.39 is 6.03 Å². The van der Waals surface area contributed by atoms with Gasteiger partial charge < -0.3 is 9.64 Å². The van der Waals surface area contributed by atoms with Gasteiger partial charge in [-0.1, -0.05) is 35.9 Å². The largest absolute Gasteiger partial charge is 0.371 e. The van der Waals surface area contributed by atoms with Gasteiger partial charge in [0.15, 0.2) is 0 Å². The summed E-state index contributed by atoms with van der Waals surface area (Å²) in [4.78, 5) is 27.2. The molecular formula is C22H21ClN4O3. The monoisotopic (exact) mass is 424 g/mol. The van der Waals surface area contributed by atoms with Gasteiger partial charge in [-0.05, 0) is 36.6 Å². The number of carbonyl (C=O) groups is 2. The van der Waals surface area contributed by atoms with E-state index in [0.717, 1.165) is 29.7 Å². The van der Waals surface area contributed by atoms with E-state index >= 15 is 0 Å². The molecule has 8 heteroatoms. The van der Waals surface area contributed by atoms with Gasteiger partial charge >= 0.3 is 6.03 Å². The molecule has 2 aliphatic heterocycles. The van der Waals surface area contributed by atoms with Gasteiger partial charge in [0.05, 0.1) is 22.9 Å². The summed E-state index contributed by atoms with van der Waals surface area (Å²) in [6.07, 6.45) is 2.31. The molecule has 0 aromatic heterocycles. The van der Waals surface area contributed by atoms with E-state index in [4.69, 9.17) is 21.7 Å². The van der Waals surface area contributed by atoms with E-state index in [9.17, 15) is 9.59 Å². The average Bonchev–Trinajstić information content (AvgIpc) is 3.49. The van der Waals surface area contributed by atoms with Crippen molar-refractivity contribution in [3.05, 3.63) is 47.5 Å². The summed E-state index contributed by atoms with van der Waals surface area (Å²) in [7, 11) is 0. The third kappa shape index (κ3) is 3.14. The SMILES string of the molecule is N=C1COCC2(CC2)N1c1ccc(-c2cccc(N3CCC(=O)NC3=O)c2Cl)cc1. The number of hydrogen-bond acceptors (Lipinski definition) is 4. The molecule has 1 saturated carbocycles. The van der Waals surface area contributed by atoms with Gasteiger partial charge in [-0.3, -0.25) is 20.4 Å². The van der Waals surface area contributed by atoms with E-state index in [0.29, 0.717) is 36.3 Å². The van der Waals surface area contributed by atoms with Crippen LogP contribution in [-0.2, 0) is 9.53 Å². The summed E-state index contributed by atoms with van der Waals surface area (Å²) < 4.78 is 5.56. The maximum atomic E-state index is 12.2. The lowest BCUT2D eigenvalue weighted by Crippen LogP contribution is -2.51. The number of anilines is 2. The first-order valence-corrected chi connectivity index (χ1v) is 10.3. The summed E-state index contributed by atoms with van der Waals surface area (Å²) in [6, 6.07) is 13.1. The number of urea groups is 1. The summed E-state index contributed by atoms with van der Waals surface area (Å²) in [5.41, 5.74) is 3.22. The quantitative estimate of drug-likeness (QED) is 0.784. The molecule has 3 fully saturated rings. The first-order valence-electron chi connectivity index (χ1n) is 9.94. The molecule has 0 atom stereocenters. The zero-order chi connectivity index (χ0) is 20.9. The van der Waals surface area contributed by atoms with Crippen molar-refractivity contribution in [1.82, 2.24) is 5.32 Å². The Morgan fingerprint density at radius 2 is 1.87 bits per heavy atom. The Balaban J connectivity index is 1.45. The Bertz CT molecular complexity index is 1050. The van der Waals surface area contributed by atoms with Crippen molar-refractivity contribution in [1.29, 1.82) is 5.41 Å². The number of amides is 3. The number of nitrogens with zero attached hydrogens (tertiary/aromatic N) is 2. The second-order valence-electron chi connectivity index (χ2n) is 7.94. The lowest BCUT2D eigenvalue weighted by atomic mass is 10.0. The second-order valence-corrected chi connectivity index (χ2v) is 8.32. The lowest BCUT2D eigenvalue weighted by Gasteiger charge is -2.38. The zero-order valence-corrected chi connectivity index (χ0v) is 17.0. The molecule has 0 unspecified atom stereocenters. The molecule has 5 rings (SSSR count). The number of hydrogen-bond donors (Lipinski definition) is 2. The summed E-state index contributed by atoms with van der Waals surface area (Å²) in [5.74, 6) is 0.207. The van der Waals surface area contributed by atoms with Gasteiger partial charge in [0, 0.05) is 24.2 Å². The molecule has 2 aromatic rings.